The molecule has 7 N–H and O–H groups in total. The minimum absolute atomic E-state index is 0. The number of halogens is 1. The molecule has 0 aromatic heterocycles. The minimum atomic E-state index is -1.28. The van der Waals surface area contributed by atoms with Crippen LogP contribution in [0.25, 0.3) is 0 Å². The van der Waals surface area contributed by atoms with Crippen molar-refractivity contribution >= 4 is 22.8 Å². The molecule has 13 heteroatoms. The van der Waals surface area contributed by atoms with Crippen LogP contribution in [0.15, 0.2) is 0 Å². The van der Waals surface area contributed by atoms with Crippen LogP contribution in [0, 0.1) is 0 Å². The summed E-state index contributed by atoms with van der Waals surface area (Å²) in [6, 6.07) is 0. The third-order valence-corrected chi connectivity index (χ3v) is 4.53. The molecule has 0 saturated carbocycles. The smallest absolute Gasteiger partial charge is 0.302 e. The molecule has 0 aliphatic carbocycles. The fourth-order valence-electron chi connectivity index (χ4n) is 2.76. The topological polar surface area (TPSA) is 203 Å². The Bertz CT molecular complexity index is 542. The van der Waals surface area contributed by atoms with Crippen LogP contribution in [0.1, 0.15) is 35.1 Å². The van der Waals surface area contributed by atoms with Crippen molar-refractivity contribution in [1.29, 1.82) is 0 Å². The lowest BCUT2D eigenvalue weighted by atomic mass is 9.96. The molecule has 0 radical (unpaired) electrons. The maximum absolute atomic E-state index is 10.5. The average Bonchev–Trinajstić information content (AvgIpc) is 2.69. The van der Waals surface area contributed by atoms with Crippen molar-refractivity contribution in [3.63, 3.8) is 0 Å². The second kappa shape index (κ2) is 15.8. The van der Waals surface area contributed by atoms with Gasteiger partial charge in [0.25, 0.3) is 0 Å². The van der Waals surface area contributed by atoms with Crippen molar-refractivity contribution in [2.24, 2.45) is 0 Å². The van der Waals surface area contributed by atoms with E-state index in [0.717, 1.165) is 0 Å². The summed E-state index contributed by atoms with van der Waals surface area (Å²) in [7, 11) is 0. The number of aliphatic hydroxyl groups is 7. The van der Waals surface area contributed by atoms with Gasteiger partial charge in [-0.25, -0.2) is 0 Å². The molecule has 0 bridgehead atoms. The molecule has 2 rings (SSSR count). The van der Waals surface area contributed by atoms with E-state index in [1.807, 2.05) is 0 Å². The highest BCUT2D eigenvalue weighted by molar-refractivity contribution is 6.62. The largest absolute Gasteiger partial charge is 0.463 e. The zero-order valence-electron chi connectivity index (χ0n) is 17.7. The van der Waals surface area contributed by atoms with Crippen LogP contribution in [-0.2, 0) is 23.8 Å². The van der Waals surface area contributed by atoms with Gasteiger partial charge in [0.2, 0.25) is 5.24 Å². The fraction of sp³-hybridized carbons (Fsp3) is 0.895. The van der Waals surface area contributed by atoms with Crippen LogP contribution in [0.5, 0.6) is 0 Å². The molecule has 2 heterocycles. The number of carbonyl (C=O) groups excluding carboxylic acids is 2. The summed E-state index contributed by atoms with van der Waals surface area (Å²) in [6.45, 7) is 5.17. The number of hydrogen-bond donors (Lipinski definition) is 7. The Hall–Kier alpha value is -0.930. The van der Waals surface area contributed by atoms with Crippen molar-refractivity contribution in [1.82, 2.24) is 0 Å². The van der Waals surface area contributed by atoms with Crippen molar-refractivity contribution in [2.45, 2.75) is 96.2 Å². The molecule has 32 heavy (non-hydrogen) atoms. The van der Waals surface area contributed by atoms with Crippen LogP contribution < -0.4 is 0 Å². The summed E-state index contributed by atoms with van der Waals surface area (Å²) >= 11 is 4.64. The normalized spacial score (nSPS) is 38.6. The molecule has 2 aliphatic rings. The molecule has 192 valence electrons. The van der Waals surface area contributed by atoms with Crippen LogP contribution in [0.2, 0.25) is 0 Å². The van der Waals surface area contributed by atoms with E-state index in [1.165, 1.54) is 13.8 Å². The van der Waals surface area contributed by atoms with Gasteiger partial charge in [-0.3, -0.25) is 9.59 Å². The predicted octanol–water partition coefficient (Wildman–Crippen LogP) is -2.32. The number of esters is 1. The number of hydrogen-bond acceptors (Lipinski definition) is 12. The third-order valence-electron chi connectivity index (χ3n) is 4.53. The van der Waals surface area contributed by atoms with E-state index in [-0.39, 0.29) is 25.9 Å². The second-order valence-electron chi connectivity index (χ2n) is 7.16. The van der Waals surface area contributed by atoms with Gasteiger partial charge in [-0.1, -0.05) is 7.43 Å². The lowest BCUT2D eigenvalue weighted by molar-refractivity contribution is -0.227. The molecule has 2 fully saturated rings. The molecule has 0 spiro atoms. The first-order valence-electron chi connectivity index (χ1n) is 9.54. The number of aliphatic hydroxyl groups excluding tert-OH is 7. The van der Waals surface area contributed by atoms with Gasteiger partial charge in [-0.05, 0) is 25.4 Å². The van der Waals surface area contributed by atoms with Crippen LogP contribution in [0.4, 0.5) is 0 Å². The minimum Gasteiger partial charge on any atom is -0.463 e. The highest BCUT2D eigenvalue weighted by Crippen LogP contribution is 2.21. The van der Waals surface area contributed by atoms with Crippen molar-refractivity contribution in [3.8, 4) is 0 Å². The van der Waals surface area contributed by atoms with Gasteiger partial charge in [-0.2, -0.15) is 0 Å². The van der Waals surface area contributed by atoms with Gasteiger partial charge < -0.3 is 50.0 Å². The van der Waals surface area contributed by atoms with Crippen molar-refractivity contribution in [2.75, 3.05) is 13.2 Å². The molecule has 10 atom stereocenters. The van der Waals surface area contributed by atoms with Gasteiger partial charge >= 0.3 is 5.97 Å². The van der Waals surface area contributed by atoms with E-state index in [0.29, 0.717) is 0 Å². The number of carbonyl (C=O) groups is 2. The van der Waals surface area contributed by atoms with E-state index < -0.39 is 67.0 Å². The summed E-state index contributed by atoms with van der Waals surface area (Å²) in [4.78, 5) is 19.8. The molecule has 10 unspecified atom stereocenters. The van der Waals surface area contributed by atoms with Crippen LogP contribution in [-0.4, -0.2) is 121 Å². The maximum Gasteiger partial charge on any atom is 0.302 e. The molecular weight excluding hydrogens is 456 g/mol. The molecule has 0 aromatic carbocycles. The third kappa shape index (κ3) is 10.8. The summed E-state index contributed by atoms with van der Waals surface area (Å²) in [5.41, 5.74) is 0. The zero-order chi connectivity index (χ0) is 24.5. The van der Waals surface area contributed by atoms with Gasteiger partial charge in [0.05, 0.1) is 18.8 Å². The van der Waals surface area contributed by atoms with E-state index in [4.69, 9.17) is 14.6 Å². The van der Waals surface area contributed by atoms with Gasteiger partial charge in [0.15, 0.2) is 0 Å². The SMILES string of the molecule is C.CC(=O)Cl.CC(=O)OCC1OC(C)C(O)C(O)C1O.CC1OC(CO)C(O)C(O)C1O. The summed E-state index contributed by atoms with van der Waals surface area (Å²) in [5, 5.41) is 64.3. The van der Waals surface area contributed by atoms with E-state index >= 15 is 0 Å². The number of ether oxygens (including phenoxy) is 3. The van der Waals surface area contributed by atoms with Crippen LogP contribution in [0.3, 0.4) is 0 Å². The Labute approximate surface area is 192 Å². The monoisotopic (exact) mass is 492 g/mol. The Kier molecular flexibility index (Phi) is 16.4. The fourth-order valence-corrected chi connectivity index (χ4v) is 2.76. The Morgan fingerprint density at radius 3 is 1.47 bits per heavy atom. The zero-order valence-corrected chi connectivity index (χ0v) is 18.5. The predicted molar refractivity (Wildman–Crippen MR) is 112 cm³/mol. The Balaban J connectivity index is 0. The first kappa shape index (κ1) is 33.2. The van der Waals surface area contributed by atoms with E-state index in [2.05, 4.69) is 16.3 Å². The van der Waals surface area contributed by atoms with Crippen molar-refractivity contribution < 1.29 is 59.5 Å². The first-order valence-corrected chi connectivity index (χ1v) is 9.91. The van der Waals surface area contributed by atoms with Crippen molar-refractivity contribution in [3.05, 3.63) is 0 Å². The molecule has 2 aliphatic heterocycles. The Morgan fingerprint density at radius 2 is 1.12 bits per heavy atom. The lowest BCUT2D eigenvalue weighted by Gasteiger charge is -2.38. The highest BCUT2D eigenvalue weighted by Gasteiger charge is 2.42. The second-order valence-corrected chi connectivity index (χ2v) is 7.69. The first-order chi connectivity index (χ1) is 14.2. The standard InChI is InChI=1S/C9H16O6.C7H14O5.C2H3ClO.CH4/c1-4-7(11)9(13)8(12)6(15-4)3-14-5(2)10;1-3-5(9)7(11)6(10)4(2-8)12-3;1-2(3)4;/h4,6-9,11-13H,3H2,1-2H3;3-11H,2H2,1H3;1H3;1H4. The van der Waals surface area contributed by atoms with Crippen LogP contribution >= 0.6 is 11.6 Å². The lowest BCUT2D eigenvalue weighted by Crippen LogP contribution is -2.57. The maximum atomic E-state index is 10.5. The summed E-state index contributed by atoms with van der Waals surface area (Å²) in [6.07, 6.45) is -10.0. The van der Waals surface area contributed by atoms with E-state index in [9.17, 15) is 40.2 Å². The van der Waals surface area contributed by atoms with Gasteiger partial charge in [0.1, 0.15) is 55.4 Å². The molecule has 12 nitrogen and oxygen atoms in total. The number of rotatable bonds is 3. The van der Waals surface area contributed by atoms with E-state index in [1.54, 1.807) is 13.8 Å². The summed E-state index contributed by atoms with van der Waals surface area (Å²) < 4.78 is 14.9. The van der Waals surface area contributed by atoms with Gasteiger partial charge in [0, 0.05) is 13.8 Å². The molecule has 0 amide bonds. The Morgan fingerprint density at radius 1 is 0.781 bits per heavy atom. The molecule has 2 saturated heterocycles. The molecular formula is C19H37ClO12. The average molecular weight is 493 g/mol. The highest BCUT2D eigenvalue weighted by atomic mass is 35.5. The summed E-state index contributed by atoms with van der Waals surface area (Å²) in [5.74, 6) is -0.487. The quantitative estimate of drug-likeness (QED) is 0.164. The molecule has 0 aromatic rings. The van der Waals surface area contributed by atoms with Gasteiger partial charge in [-0.15, -0.1) is 0 Å².